The summed E-state index contributed by atoms with van der Waals surface area (Å²) in [4.78, 5) is 18.6. The van der Waals surface area contributed by atoms with E-state index in [0.29, 0.717) is 18.7 Å². The molecule has 2 aromatic rings. The molecule has 0 spiro atoms. The number of aromatic nitrogens is 1. The van der Waals surface area contributed by atoms with Crippen LogP contribution in [0.1, 0.15) is 29.8 Å². The van der Waals surface area contributed by atoms with Crippen molar-refractivity contribution in [3.8, 4) is 11.1 Å². The number of rotatable bonds is 5. The van der Waals surface area contributed by atoms with Crippen molar-refractivity contribution in [2.45, 2.75) is 20.8 Å². The van der Waals surface area contributed by atoms with Gasteiger partial charge in [0.05, 0.1) is 5.56 Å². The van der Waals surface area contributed by atoms with Crippen LogP contribution in [0.2, 0.25) is 0 Å². The molecule has 1 aromatic carbocycles. The molecule has 1 amide bonds. The SMILES string of the molecule is Cc1ccc(-c2cncc(C(=O)N(C)CC(C)(C)CN)c2)cc1. The lowest BCUT2D eigenvalue weighted by Crippen LogP contribution is -2.39. The number of pyridine rings is 1. The lowest BCUT2D eigenvalue weighted by molar-refractivity contribution is 0.0740. The molecule has 1 heterocycles. The Hall–Kier alpha value is -2.20. The maximum absolute atomic E-state index is 12.6. The van der Waals surface area contributed by atoms with Crippen LogP contribution in [0.4, 0.5) is 0 Å². The number of benzene rings is 1. The maximum atomic E-state index is 12.6. The second-order valence-electron chi connectivity index (χ2n) is 6.86. The van der Waals surface area contributed by atoms with Gasteiger partial charge in [-0.25, -0.2) is 0 Å². The molecule has 0 atom stereocenters. The Bertz CT molecular complexity index is 677. The quantitative estimate of drug-likeness (QED) is 0.923. The van der Waals surface area contributed by atoms with Gasteiger partial charge >= 0.3 is 0 Å². The topological polar surface area (TPSA) is 59.2 Å². The van der Waals surface area contributed by atoms with Crippen LogP contribution in [0.15, 0.2) is 42.7 Å². The molecule has 0 radical (unpaired) electrons. The monoisotopic (exact) mass is 311 g/mol. The first-order valence-electron chi connectivity index (χ1n) is 7.80. The van der Waals surface area contributed by atoms with E-state index >= 15 is 0 Å². The molecule has 23 heavy (non-hydrogen) atoms. The normalized spacial score (nSPS) is 11.3. The van der Waals surface area contributed by atoms with Gasteiger partial charge in [0.2, 0.25) is 0 Å². The highest BCUT2D eigenvalue weighted by Crippen LogP contribution is 2.21. The fourth-order valence-electron chi connectivity index (χ4n) is 2.46. The van der Waals surface area contributed by atoms with Gasteiger partial charge in [-0.2, -0.15) is 0 Å². The molecule has 0 saturated heterocycles. The Morgan fingerprint density at radius 3 is 2.43 bits per heavy atom. The van der Waals surface area contributed by atoms with Crippen molar-refractivity contribution in [1.82, 2.24) is 9.88 Å². The molecule has 0 saturated carbocycles. The first-order valence-corrected chi connectivity index (χ1v) is 7.80. The van der Waals surface area contributed by atoms with E-state index in [1.807, 2.05) is 18.2 Å². The summed E-state index contributed by atoms with van der Waals surface area (Å²) in [6, 6.07) is 10.1. The standard InChI is InChI=1S/C19H25N3O/c1-14-5-7-15(8-6-14)16-9-17(11-21-10-16)18(23)22(4)13-19(2,3)12-20/h5-11H,12-13,20H2,1-4H3. The predicted octanol–water partition coefficient (Wildman–Crippen LogP) is 3.11. The molecule has 2 rings (SSSR count). The molecule has 0 unspecified atom stereocenters. The van der Waals surface area contributed by atoms with Crippen LogP contribution in [0.5, 0.6) is 0 Å². The van der Waals surface area contributed by atoms with Gasteiger partial charge in [0, 0.05) is 31.5 Å². The van der Waals surface area contributed by atoms with E-state index in [1.165, 1.54) is 5.56 Å². The van der Waals surface area contributed by atoms with E-state index in [2.05, 4.69) is 37.9 Å². The second-order valence-corrected chi connectivity index (χ2v) is 6.86. The van der Waals surface area contributed by atoms with E-state index in [-0.39, 0.29) is 11.3 Å². The molecule has 0 aliphatic carbocycles. The van der Waals surface area contributed by atoms with Crippen molar-refractivity contribution in [3.63, 3.8) is 0 Å². The Morgan fingerprint density at radius 1 is 1.17 bits per heavy atom. The average Bonchev–Trinajstić information content (AvgIpc) is 2.54. The Morgan fingerprint density at radius 2 is 1.83 bits per heavy atom. The zero-order chi connectivity index (χ0) is 17.0. The molecule has 2 N–H and O–H groups in total. The van der Waals surface area contributed by atoms with Crippen molar-refractivity contribution in [2.75, 3.05) is 20.1 Å². The van der Waals surface area contributed by atoms with Crippen LogP contribution < -0.4 is 5.73 Å². The Kier molecular flexibility index (Phi) is 5.16. The van der Waals surface area contributed by atoms with Crippen molar-refractivity contribution >= 4 is 5.91 Å². The molecule has 1 aromatic heterocycles. The summed E-state index contributed by atoms with van der Waals surface area (Å²) in [5.74, 6) is -0.0343. The summed E-state index contributed by atoms with van der Waals surface area (Å²) in [7, 11) is 1.80. The van der Waals surface area contributed by atoms with Crippen LogP contribution >= 0.6 is 0 Å². The van der Waals surface area contributed by atoms with E-state index in [0.717, 1.165) is 11.1 Å². The lowest BCUT2D eigenvalue weighted by atomic mass is 9.93. The van der Waals surface area contributed by atoms with Gasteiger partial charge in [0.15, 0.2) is 0 Å². The van der Waals surface area contributed by atoms with Gasteiger partial charge in [-0.1, -0.05) is 43.7 Å². The fraction of sp³-hybridized carbons (Fsp3) is 0.368. The number of carbonyl (C=O) groups excluding carboxylic acids is 1. The van der Waals surface area contributed by atoms with Crippen LogP contribution in [0, 0.1) is 12.3 Å². The summed E-state index contributed by atoms with van der Waals surface area (Å²) >= 11 is 0. The summed E-state index contributed by atoms with van der Waals surface area (Å²) in [6.45, 7) is 7.30. The van der Waals surface area contributed by atoms with Crippen molar-refractivity contribution in [2.24, 2.45) is 11.1 Å². The highest BCUT2D eigenvalue weighted by molar-refractivity contribution is 5.95. The van der Waals surface area contributed by atoms with Crippen molar-refractivity contribution in [3.05, 3.63) is 53.9 Å². The highest BCUT2D eigenvalue weighted by atomic mass is 16.2. The summed E-state index contributed by atoms with van der Waals surface area (Å²) in [5, 5.41) is 0. The molecule has 0 aliphatic rings. The first kappa shape index (κ1) is 17.2. The Labute approximate surface area is 138 Å². The van der Waals surface area contributed by atoms with Gasteiger partial charge in [-0.15, -0.1) is 0 Å². The summed E-state index contributed by atoms with van der Waals surface area (Å²) in [6.07, 6.45) is 3.40. The minimum Gasteiger partial charge on any atom is -0.341 e. The van der Waals surface area contributed by atoms with E-state index in [4.69, 9.17) is 5.73 Å². The van der Waals surface area contributed by atoms with E-state index in [1.54, 1.807) is 24.3 Å². The number of amides is 1. The third-order valence-electron chi connectivity index (χ3n) is 3.93. The minimum atomic E-state index is -0.105. The average molecular weight is 311 g/mol. The predicted molar refractivity (Wildman–Crippen MR) is 94.2 cm³/mol. The number of hydrogen-bond donors (Lipinski definition) is 1. The number of aryl methyl sites for hydroxylation is 1. The largest absolute Gasteiger partial charge is 0.341 e. The third-order valence-corrected chi connectivity index (χ3v) is 3.93. The molecule has 0 bridgehead atoms. The molecule has 0 fully saturated rings. The van der Waals surface area contributed by atoms with Gasteiger partial charge < -0.3 is 10.6 Å². The van der Waals surface area contributed by atoms with Crippen molar-refractivity contribution in [1.29, 1.82) is 0 Å². The molecule has 0 aliphatic heterocycles. The second kappa shape index (κ2) is 6.92. The van der Waals surface area contributed by atoms with Crippen LogP contribution in [0.3, 0.4) is 0 Å². The summed E-state index contributed by atoms with van der Waals surface area (Å²) in [5.41, 5.74) is 9.46. The van der Waals surface area contributed by atoms with E-state index < -0.39 is 0 Å². The van der Waals surface area contributed by atoms with Crippen LogP contribution in [0.25, 0.3) is 11.1 Å². The minimum absolute atomic E-state index is 0.0343. The van der Waals surface area contributed by atoms with Crippen molar-refractivity contribution < 1.29 is 4.79 Å². The fourth-order valence-corrected chi connectivity index (χ4v) is 2.46. The van der Waals surface area contributed by atoms with Crippen LogP contribution in [-0.2, 0) is 0 Å². The molecular formula is C19H25N3O. The summed E-state index contributed by atoms with van der Waals surface area (Å²) < 4.78 is 0. The number of hydrogen-bond acceptors (Lipinski definition) is 3. The number of nitrogens with two attached hydrogens (primary N) is 1. The molecule has 122 valence electrons. The van der Waals surface area contributed by atoms with Crippen LogP contribution in [-0.4, -0.2) is 35.9 Å². The smallest absolute Gasteiger partial charge is 0.255 e. The Balaban J connectivity index is 2.22. The van der Waals surface area contributed by atoms with Gasteiger partial charge in [0.1, 0.15) is 0 Å². The molecule has 4 heteroatoms. The molecular weight excluding hydrogens is 286 g/mol. The highest BCUT2D eigenvalue weighted by Gasteiger charge is 2.22. The van der Waals surface area contributed by atoms with Gasteiger partial charge in [-0.05, 0) is 30.5 Å². The van der Waals surface area contributed by atoms with Gasteiger partial charge in [0.25, 0.3) is 5.91 Å². The number of carbonyl (C=O) groups is 1. The zero-order valence-corrected chi connectivity index (χ0v) is 14.3. The van der Waals surface area contributed by atoms with Gasteiger partial charge in [-0.3, -0.25) is 9.78 Å². The lowest BCUT2D eigenvalue weighted by Gasteiger charge is -2.29. The first-order chi connectivity index (χ1) is 10.8. The van der Waals surface area contributed by atoms with E-state index in [9.17, 15) is 4.79 Å². The maximum Gasteiger partial charge on any atom is 0.255 e. The zero-order valence-electron chi connectivity index (χ0n) is 14.3. The third kappa shape index (κ3) is 4.39. The number of nitrogens with zero attached hydrogens (tertiary/aromatic N) is 2. The molecule has 4 nitrogen and oxygen atoms in total.